The summed E-state index contributed by atoms with van der Waals surface area (Å²) in [4.78, 5) is 26.0. The van der Waals surface area contributed by atoms with E-state index in [0.29, 0.717) is 33.8 Å². The van der Waals surface area contributed by atoms with Crippen LogP contribution >= 0.6 is 34.7 Å². The van der Waals surface area contributed by atoms with Crippen molar-refractivity contribution >= 4 is 40.4 Å². The SMILES string of the molecule is O=c1sc2c(n1-c1ccccc1)S[C@@H]1[C@H]3CC[C@@H](C3)[C@@H]1[C@H]2c1cc([N+](=O)[O-])ccc1OCc1ccccc1Cl. The molecule has 5 atom stereocenters. The van der Waals surface area contributed by atoms with Crippen LogP contribution < -0.4 is 9.61 Å². The first-order valence-corrected chi connectivity index (χ1v) is 15.2. The molecule has 6 nitrogen and oxygen atoms in total. The van der Waals surface area contributed by atoms with E-state index >= 15 is 0 Å². The first-order chi connectivity index (χ1) is 19.0. The highest BCUT2D eigenvalue weighted by Gasteiger charge is 2.56. The molecule has 3 aliphatic rings. The number of benzene rings is 3. The van der Waals surface area contributed by atoms with E-state index in [1.54, 1.807) is 12.1 Å². The number of nitrogens with zero attached hydrogens (tertiary/aromatic N) is 2. The molecule has 0 unspecified atom stereocenters. The number of rotatable bonds is 6. The molecule has 2 fully saturated rings. The quantitative estimate of drug-likeness (QED) is 0.174. The maximum absolute atomic E-state index is 13.5. The van der Waals surface area contributed by atoms with Gasteiger partial charge in [0.1, 0.15) is 12.4 Å². The zero-order valence-electron chi connectivity index (χ0n) is 20.9. The summed E-state index contributed by atoms with van der Waals surface area (Å²) >= 11 is 9.51. The van der Waals surface area contributed by atoms with Gasteiger partial charge in [-0.15, -0.1) is 11.8 Å². The summed E-state index contributed by atoms with van der Waals surface area (Å²) < 4.78 is 8.20. The van der Waals surface area contributed by atoms with Crippen LogP contribution in [0.5, 0.6) is 5.75 Å². The predicted octanol–water partition coefficient (Wildman–Crippen LogP) is 7.69. The Morgan fingerprint density at radius 3 is 2.59 bits per heavy atom. The molecule has 0 radical (unpaired) electrons. The third-order valence-corrected chi connectivity index (χ3v) is 11.6. The summed E-state index contributed by atoms with van der Waals surface area (Å²) in [6, 6.07) is 22.2. The van der Waals surface area contributed by atoms with E-state index in [4.69, 9.17) is 16.3 Å². The molecular formula is C30H25ClN2O4S2. The Bertz CT molecular complexity index is 1640. The number of nitro benzene ring substituents is 1. The molecular weight excluding hydrogens is 552 g/mol. The van der Waals surface area contributed by atoms with Gasteiger partial charge in [-0.3, -0.25) is 19.5 Å². The lowest BCUT2D eigenvalue weighted by molar-refractivity contribution is -0.385. The van der Waals surface area contributed by atoms with Gasteiger partial charge in [-0.1, -0.05) is 59.3 Å². The fourth-order valence-electron chi connectivity index (χ4n) is 6.85. The Morgan fingerprint density at radius 1 is 1.03 bits per heavy atom. The second-order valence-electron chi connectivity index (χ2n) is 10.5. The average molecular weight is 577 g/mol. The Labute approximate surface area is 238 Å². The molecule has 0 N–H and O–H groups in total. The Balaban J connectivity index is 1.39. The molecule has 0 amide bonds. The van der Waals surface area contributed by atoms with Gasteiger partial charge >= 0.3 is 4.87 Å². The van der Waals surface area contributed by atoms with Crippen molar-refractivity contribution in [3.8, 4) is 11.4 Å². The maximum Gasteiger partial charge on any atom is 0.312 e. The molecule has 2 bridgehead atoms. The topological polar surface area (TPSA) is 74.4 Å². The summed E-state index contributed by atoms with van der Waals surface area (Å²) in [7, 11) is 0. The van der Waals surface area contributed by atoms with Gasteiger partial charge in [-0.2, -0.15) is 0 Å². The Hall–Kier alpha value is -3.07. The number of halogens is 1. The van der Waals surface area contributed by atoms with Crippen LogP contribution in [0.4, 0.5) is 5.69 Å². The number of hydrogen-bond donors (Lipinski definition) is 0. The van der Waals surface area contributed by atoms with Gasteiger partial charge in [0.25, 0.3) is 5.69 Å². The summed E-state index contributed by atoms with van der Waals surface area (Å²) in [6.45, 7) is 0.250. The number of thioether (sulfide) groups is 1. The molecule has 1 aliphatic heterocycles. The zero-order chi connectivity index (χ0) is 26.7. The fourth-order valence-corrected chi connectivity index (χ4v) is 10.2. The summed E-state index contributed by atoms with van der Waals surface area (Å²) in [5, 5.41) is 13.9. The van der Waals surface area contributed by atoms with Crippen molar-refractivity contribution in [2.24, 2.45) is 17.8 Å². The van der Waals surface area contributed by atoms with Crippen molar-refractivity contribution in [2.75, 3.05) is 0 Å². The summed E-state index contributed by atoms with van der Waals surface area (Å²) in [5.41, 5.74) is 2.52. The van der Waals surface area contributed by atoms with Crippen LogP contribution in [-0.4, -0.2) is 14.7 Å². The minimum absolute atomic E-state index is 0.0278. The number of thiazole rings is 1. The second-order valence-corrected chi connectivity index (χ2v) is 13.1. The van der Waals surface area contributed by atoms with E-state index < -0.39 is 0 Å². The third-order valence-electron chi connectivity index (χ3n) is 8.51. The monoisotopic (exact) mass is 576 g/mol. The highest BCUT2D eigenvalue weighted by atomic mass is 35.5. The van der Waals surface area contributed by atoms with Crippen LogP contribution in [-0.2, 0) is 6.61 Å². The fraction of sp³-hybridized carbons (Fsp3) is 0.300. The van der Waals surface area contributed by atoms with E-state index in [1.165, 1.54) is 30.2 Å². The number of aromatic nitrogens is 1. The lowest BCUT2D eigenvalue weighted by Crippen LogP contribution is -2.34. The molecule has 4 aromatic rings. The third kappa shape index (κ3) is 4.20. The van der Waals surface area contributed by atoms with Gasteiger partial charge in [0.05, 0.1) is 15.6 Å². The highest BCUT2D eigenvalue weighted by molar-refractivity contribution is 8.00. The van der Waals surface area contributed by atoms with Crippen molar-refractivity contribution in [3.05, 3.63) is 114 Å². The molecule has 1 aromatic heterocycles. The summed E-state index contributed by atoms with van der Waals surface area (Å²) in [6.07, 6.45) is 3.54. The molecule has 2 heterocycles. The van der Waals surface area contributed by atoms with Crippen molar-refractivity contribution < 1.29 is 9.66 Å². The van der Waals surface area contributed by atoms with Gasteiger partial charge in [-0.05, 0) is 61.3 Å². The molecule has 7 rings (SSSR count). The molecule has 39 heavy (non-hydrogen) atoms. The van der Waals surface area contributed by atoms with Crippen LogP contribution in [0, 0.1) is 27.9 Å². The van der Waals surface area contributed by atoms with E-state index in [1.807, 2.05) is 70.9 Å². The van der Waals surface area contributed by atoms with Crippen LogP contribution in [0.2, 0.25) is 5.02 Å². The molecule has 2 aliphatic carbocycles. The molecule has 0 saturated heterocycles. The number of non-ortho nitro benzene ring substituents is 1. The average Bonchev–Trinajstić information content (AvgIpc) is 3.65. The van der Waals surface area contributed by atoms with Crippen LogP contribution in [0.15, 0.2) is 82.6 Å². The smallest absolute Gasteiger partial charge is 0.312 e. The van der Waals surface area contributed by atoms with Gasteiger partial charge in [-0.25, -0.2) is 0 Å². The molecule has 0 spiro atoms. The minimum Gasteiger partial charge on any atom is -0.489 e. The lowest BCUT2D eigenvalue weighted by atomic mass is 9.74. The minimum atomic E-state index is -0.351. The first kappa shape index (κ1) is 24.9. The normalized spacial score (nSPS) is 24.8. The molecule has 9 heteroatoms. The number of para-hydroxylation sites is 1. The maximum atomic E-state index is 13.5. The molecule has 3 aromatic carbocycles. The number of ether oxygens (including phenoxy) is 1. The van der Waals surface area contributed by atoms with Crippen LogP contribution in [0.3, 0.4) is 0 Å². The van der Waals surface area contributed by atoms with E-state index in [0.717, 1.165) is 33.1 Å². The van der Waals surface area contributed by atoms with Crippen molar-refractivity contribution in [1.82, 2.24) is 4.57 Å². The largest absolute Gasteiger partial charge is 0.489 e. The number of fused-ring (bicyclic) bond motifs is 6. The van der Waals surface area contributed by atoms with E-state index in [9.17, 15) is 14.9 Å². The van der Waals surface area contributed by atoms with Crippen LogP contribution in [0.1, 0.15) is 41.2 Å². The second kappa shape index (κ2) is 9.84. The van der Waals surface area contributed by atoms with Gasteiger partial charge in [0, 0.05) is 44.3 Å². The van der Waals surface area contributed by atoms with Crippen molar-refractivity contribution in [2.45, 2.75) is 42.1 Å². The standard InChI is InChI=1S/C30H25ClN2O4S2/c31-23-9-5-4-6-19(23)16-37-24-13-12-21(33(35)36)15-22(24)26-25-17-10-11-18(14-17)27(25)38-29-28(26)39-30(34)32(29)20-7-2-1-3-8-20/h1-9,12-13,15,17-18,25-27H,10-11,14,16H2/t17-,18-,25+,26+,27+/m0/s1. The zero-order valence-corrected chi connectivity index (χ0v) is 23.3. The Morgan fingerprint density at radius 2 is 1.79 bits per heavy atom. The van der Waals surface area contributed by atoms with Crippen molar-refractivity contribution in [1.29, 1.82) is 0 Å². The van der Waals surface area contributed by atoms with Crippen molar-refractivity contribution in [3.63, 3.8) is 0 Å². The Kier molecular flexibility index (Phi) is 6.29. The number of nitro groups is 1. The highest BCUT2D eigenvalue weighted by Crippen LogP contribution is 2.65. The van der Waals surface area contributed by atoms with Crippen LogP contribution in [0.25, 0.3) is 5.69 Å². The predicted molar refractivity (Wildman–Crippen MR) is 155 cm³/mol. The lowest BCUT2D eigenvalue weighted by Gasteiger charge is -2.40. The van der Waals surface area contributed by atoms with Gasteiger partial charge in [0.15, 0.2) is 0 Å². The number of hydrogen-bond acceptors (Lipinski definition) is 6. The van der Waals surface area contributed by atoms with Gasteiger partial charge < -0.3 is 4.74 Å². The molecule has 198 valence electrons. The molecule has 2 saturated carbocycles. The van der Waals surface area contributed by atoms with E-state index in [-0.39, 0.29) is 28.0 Å². The first-order valence-electron chi connectivity index (χ1n) is 13.1. The van der Waals surface area contributed by atoms with E-state index in [2.05, 4.69) is 0 Å². The summed E-state index contributed by atoms with van der Waals surface area (Å²) in [5.74, 6) is 1.88. The van der Waals surface area contributed by atoms with Gasteiger partial charge in [0.2, 0.25) is 0 Å².